The van der Waals surface area contributed by atoms with E-state index in [4.69, 9.17) is 0 Å². The summed E-state index contributed by atoms with van der Waals surface area (Å²) in [7, 11) is 1.38. The smallest absolute Gasteiger partial charge is 0.349 e. The van der Waals surface area contributed by atoms with Crippen molar-refractivity contribution in [2.45, 2.75) is 5.25 Å². The van der Waals surface area contributed by atoms with Gasteiger partial charge in [-0.05, 0) is 0 Å². The highest BCUT2D eigenvalue weighted by Gasteiger charge is 2.15. The average molecular weight is 290 g/mol. The lowest BCUT2D eigenvalue weighted by Crippen LogP contribution is -2.23. The van der Waals surface area contributed by atoms with Gasteiger partial charge in [-0.15, -0.1) is 0 Å². The largest absolute Gasteiger partial charge is 0.465 e. The van der Waals surface area contributed by atoms with Crippen LogP contribution in [0.2, 0.25) is 0 Å². The standard InChI is InChI=1S/C10H14N2O2S3/c1-14-9(13)8-5-12-10(17-8)11-4-7-6-15-2-3-16-7/h5,7H,2-4,6H2,1H3,(H,11,12). The highest BCUT2D eigenvalue weighted by Crippen LogP contribution is 2.25. The van der Waals surface area contributed by atoms with Gasteiger partial charge in [0.15, 0.2) is 5.13 Å². The molecular formula is C10H14N2O2S3. The number of esters is 1. The van der Waals surface area contributed by atoms with Gasteiger partial charge in [-0.2, -0.15) is 23.5 Å². The summed E-state index contributed by atoms with van der Waals surface area (Å²) in [5.74, 6) is 3.35. The fraction of sp³-hybridized carbons (Fsp3) is 0.600. The summed E-state index contributed by atoms with van der Waals surface area (Å²) in [6.45, 7) is 0.909. The lowest BCUT2D eigenvalue weighted by Gasteiger charge is -2.20. The first-order valence-corrected chi connectivity index (χ1v) is 8.29. The fourth-order valence-corrected chi connectivity index (χ4v) is 4.76. The van der Waals surface area contributed by atoms with Gasteiger partial charge in [-0.1, -0.05) is 11.3 Å². The molecule has 0 aliphatic carbocycles. The third-order valence-corrected chi connectivity index (χ3v) is 6.04. The molecule has 1 fully saturated rings. The third kappa shape index (κ3) is 3.79. The van der Waals surface area contributed by atoms with Gasteiger partial charge >= 0.3 is 5.97 Å². The second-order valence-electron chi connectivity index (χ2n) is 3.47. The lowest BCUT2D eigenvalue weighted by atomic mass is 10.5. The van der Waals surface area contributed by atoms with E-state index in [0.717, 1.165) is 11.7 Å². The molecule has 2 heterocycles. The number of thiazole rings is 1. The van der Waals surface area contributed by atoms with E-state index in [0.29, 0.717) is 10.1 Å². The zero-order chi connectivity index (χ0) is 12.1. The molecule has 1 unspecified atom stereocenters. The first-order chi connectivity index (χ1) is 8.29. The van der Waals surface area contributed by atoms with E-state index < -0.39 is 0 Å². The summed E-state index contributed by atoms with van der Waals surface area (Å²) in [6, 6.07) is 0. The van der Waals surface area contributed by atoms with Crippen LogP contribution in [0, 0.1) is 0 Å². The van der Waals surface area contributed by atoms with Crippen LogP contribution in [0.4, 0.5) is 5.13 Å². The number of hydrogen-bond donors (Lipinski definition) is 1. The van der Waals surface area contributed by atoms with Crippen LogP contribution in [-0.2, 0) is 4.74 Å². The minimum Gasteiger partial charge on any atom is -0.465 e. The van der Waals surface area contributed by atoms with Crippen molar-refractivity contribution >= 4 is 46.0 Å². The maximum absolute atomic E-state index is 11.2. The van der Waals surface area contributed by atoms with E-state index in [-0.39, 0.29) is 5.97 Å². The average Bonchev–Trinajstić information content (AvgIpc) is 2.85. The van der Waals surface area contributed by atoms with Gasteiger partial charge in [0.1, 0.15) is 4.88 Å². The second kappa shape index (κ2) is 6.51. The fourth-order valence-electron chi connectivity index (χ4n) is 1.41. The van der Waals surface area contributed by atoms with E-state index in [9.17, 15) is 4.79 Å². The van der Waals surface area contributed by atoms with Crippen LogP contribution in [0.3, 0.4) is 0 Å². The molecule has 0 amide bonds. The number of hydrogen-bond acceptors (Lipinski definition) is 7. The molecule has 7 heteroatoms. The molecule has 0 saturated carbocycles. The molecule has 4 nitrogen and oxygen atoms in total. The first kappa shape index (κ1) is 13.0. The molecule has 94 valence electrons. The van der Waals surface area contributed by atoms with Crippen molar-refractivity contribution < 1.29 is 9.53 Å². The topological polar surface area (TPSA) is 51.2 Å². The number of aromatic nitrogens is 1. The van der Waals surface area contributed by atoms with Gasteiger partial charge in [-0.3, -0.25) is 0 Å². The molecule has 17 heavy (non-hydrogen) atoms. The molecular weight excluding hydrogens is 276 g/mol. The van der Waals surface area contributed by atoms with Crippen LogP contribution in [-0.4, -0.2) is 47.1 Å². The van der Waals surface area contributed by atoms with E-state index in [1.54, 1.807) is 6.20 Å². The zero-order valence-electron chi connectivity index (χ0n) is 9.47. The summed E-state index contributed by atoms with van der Waals surface area (Å²) >= 11 is 5.34. The maximum Gasteiger partial charge on any atom is 0.349 e. The number of ether oxygens (including phenoxy) is 1. The molecule has 0 radical (unpaired) electrons. The Morgan fingerprint density at radius 1 is 1.65 bits per heavy atom. The van der Waals surface area contributed by atoms with Gasteiger partial charge in [0.2, 0.25) is 0 Å². The highest BCUT2D eigenvalue weighted by molar-refractivity contribution is 8.06. The predicted octanol–water partition coefficient (Wildman–Crippen LogP) is 2.19. The Hall–Kier alpha value is -0.400. The summed E-state index contributed by atoms with van der Waals surface area (Å²) in [4.78, 5) is 15.9. The molecule has 1 aromatic rings. The molecule has 1 N–H and O–H groups in total. The van der Waals surface area contributed by atoms with E-state index in [1.807, 2.05) is 23.5 Å². The van der Waals surface area contributed by atoms with Gasteiger partial charge < -0.3 is 10.1 Å². The molecule has 1 aromatic heterocycles. The summed E-state index contributed by atoms with van der Waals surface area (Å²) < 4.78 is 4.64. The van der Waals surface area contributed by atoms with Crippen molar-refractivity contribution in [1.82, 2.24) is 4.98 Å². The number of nitrogens with zero attached hydrogens (tertiary/aromatic N) is 1. The minimum absolute atomic E-state index is 0.321. The Bertz CT molecular complexity index is 377. The summed E-state index contributed by atoms with van der Waals surface area (Å²) in [6.07, 6.45) is 1.56. The molecule has 0 bridgehead atoms. The SMILES string of the molecule is COC(=O)c1cnc(NCC2CSCCS2)s1. The number of anilines is 1. The summed E-state index contributed by atoms with van der Waals surface area (Å²) in [5.41, 5.74) is 0. The Morgan fingerprint density at radius 2 is 2.53 bits per heavy atom. The number of thioether (sulfide) groups is 2. The molecule has 0 spiro atoms. The second-order valence-corrected chi connectivity index (χ2v) is 7.06. The van der Waals surface area contributed by atoms with Gasteiger partial charge in [0.25, 0.3) is 0 Å². The van der Waals surface area contributed by atoms with Crippen LogP contribution in [0.1, 0.15) is 9.67 Å². The molecule has 2 rings (SSSR count). The van der Waals surface area contributed by atoms with Crippen molar-refractivity contribution in [3.63, 3.8) is 0 Å². The van der Waals surface area contributed by atoms with Crippen LogP contribution in [0.25, 0.3) is 0 Å². The number of methoxy groups -OCH3 is 1. The van der Waals surface area contributed by atoms with E-state index >= 15 is 0 Å². The minimum atomic E-state index is -0.321. The number of carbonyl (C=O) groups excluding carboxylic acids is 1. The molecule has 1 aliphatic heterocycles. The van der Waals surface area contributed by atoms with Crippen molar-refractivity contribution in [1.29, 1.82) is 0 Å². The van der Waals surface area contributed by atoms with Gasteiger partial charge in [-0.25, -0.2) is 9.78 Å². The number of carbonyl (C=O) groups is 1. The van der Waals surface area contributed by atoms with Crippen LogP contribution in [0.15, 0.2) is 6.20 Å². The van der Waals surface area contributed by atoms with Crippen LogP contribution in [0.5, 0.6) is 0 Å². The first-order valence-electron chi connectivity index (χ1n) is 5.27. The zero-order valence-corrected chi connectivity index (χ0v) is 11.9. The normalized spacial score (nSPS) is 19.9. The quantitative estimate of drug-likeness (QED) is 0.858. The Kier molecular flexibility index (Phi) is 4.99. The molecule has 1 aliphatic rings. The van der Waals surface area contributed by atoms with Crippen molar-refractivity contribution in [2.24, 2.45) is 0 Å². The number of nitrogens with one attached hydrogen (secondary N) is 1. The maximum atomic E-state index is 11.2. The van der Waals surface area contributed by atoms with Crippen molar-refractivity contribution in [2.75, 3.05) is 36.2 Å². The van der Waals surface area contributed by atoms with Crippen LogP contribution < -0.4 is 5.32 Å². The van der Waals surface area contributed by atoms with Gasteiger partial charge in [0, 0.05) is 29.1 Å². The van der Waals surface area contributed by atoms with Crippen LogP contribution >= 0.6 is 34.9 Å². The third-order valence-electron chi connectivity index (χ3n) is 2.26. The molecule has 1 atom stereocenters. The highest BCUT2D eigenvalue weighted by atomic mass is 32.2. The van der Waals surface area contributed by atoms with Crippen molar-refractivity contribution in [3.8, 4) is 0 Å². The van der Waals surface area contributed by atoms with E-state index in [2.05, 4.69) is 15.0 Å². The van der Waals surface area contributed by atoms with Gasteiger partial charge in [0.05, 0.1) is 13.3 Å². The van der Waals surface area contributed by atoms with E-state index in [1.165, 1.54) is 35.7 Å². The molecule has 0 aromatic carbocycles. The monoisotopic (exact) mass is 290 g/mol. The van der Waals surface area contributed by atoms with Crippen molar-refractivity contribution in [3.05, 3.63) is 11.1 Å². The summed E-state index contributed by atoms with van der Waals surface area (Å²) in [5, 5.41) is 4.71. The Morgan fingerprint density at radius 3 is 3.24 bits per heavy atom. The number of rotatable bonds is 4. The molecule has 1 saturated heterocycles. The Balaban J connectivity index is 1.82. The lowest BCUT2D eigenvalue weighted by molar-refractivity contribution is 0.0606. The Labute approximate surface area is 113 Å². The predicted molar refractivity (Wildman–Crippen MR) is 75.5 cm³/mol.